The molecule has 2 N–H and O–H groups in total. The molecule has 2 heterocycles. The van der Waals surface area contributed by atoms with Gasteiger partial charge in [0.05, 0.1) is 16.6 Å². The summed E-state index contributed by atoms with van der Waals surface area (Å²) in [5.41, 5.74) is 4.88. The van der Waals surface area contributed by atoms with Crippen molar-refractivity contribution in [3.8, 4) is 0 Å². The van der Waals surface area contributed by atoms with E-state index in [1.54, 1.807) is 7.05 Å². The van der Waals surface area contributed by atoms with Crippen molar-refractivity contribution in [2.45, 2.75) is 13.3 Å². The van der Waals surface area contributed by atoms with E-state index in [9.17, 15) is 9.59 Å². The first-order valence-corrected chi connectivity index (χ1v) is 9.74. The molecule has 0 spiro atoms. The number of fused-ring (bicyclic) bond motifs is 7. The normalized spacial score (nSPS) is 11.7. The van der Waals surface area contributed by atoms with Crippen molar-refractivity contribution in [2.75, 3.05) is 7.05 Å². The lowest BCUT2D eigenvalue weighted by atomic mass is 9.92. The highest BCUT2D eigenvalue weighted by Crippen LogP contribution is 2.40. The van der Waals surface area contributed by atoms with E-state index in [4.69, 9.17) is 0 Å². The number of hydrogen-bond donors (Lipinski definition) is 2. The lowest BCUT2D eigenvalue weighted by molar-refractivity contribution is 0.0959. The number of hydrogen-bond acceptors (Lipinski definition) is 2. The number of H-pyrrole nitrogens is 1. The number of aldehydes is 1. The van der Waals surface area contributed by atoms with Gasteiger partial charge in [-0.25, -0.2) is 0 Å². The van der Waals surface area contributed by atoms with Crippen molar-refractivity contribution in [1.29, 1.82) is 0 Å². The van der Waals surface area contributed by atoms with Gasteiger partial charge in [-0.15, -0.1) is 0 Å². The van der Waals surface area contributed by atoms with Crippen molar-refractivity contribution in [3.05, 3.63) is 59.3 Å². The summed E-state index contributed by atoms with van der Waals surface area (Å²) in [5, 5.41) is 7.26. The fourth-order valence-electron chi connectivity index (χ4n) is 4.53. The van der Waals surface area contributed by atoms with Crippen LogP contribution in [0, 0.1) is 0 Å². The summed E-state index contributed by atoms with van der Waals surface area (Å²) in [7, 11) is 3.55. The van der Waals surface area contributed by atoms with E-state index < -0.39 is 0 Å². The number of nitrogens with zero attached hydrogens (tertiary/aromatic N) is 1. The molecule has 5 heteroatoms. The number of carbonyl (C=O) groups is 2. The number of benzene rings is 3. The van der Waals surface area contributed by atoms with Crippen molar-refractivity contribution < 1.29 is 9.59 Å². The van der Waals surface area contributed by atoms with Crippen LogP contribution in [0.4, 0.5) is 0 Å². The summed E-state index contributed by atoms with van der Waals surface area (Å²) < 4.78 is 2.00. The number of carbonyl (C=O) groups excluding carboxylic acids is 2. The molecule has 5 aromatic rings. The molecule has 0 bridgehead atoms. The van der Waals surface area contributed by atoms with Gasteiger partial charge in [0.2, 0.25) is 0 Å². The predicted molar refractivity (Wildman–Crippen MR) is 118 cm³/mol. The van der Waals surface area contributed by atoms with Crippen LogP contribution in [0.2, 0.25) is 0 Å². The molecular formula is C24H21N3O2. The topological polar surface area (TPSA) is 66.9 Å². The van der Waals surface area contributed by atoms with Gasteiger partial charge in [0.1, 0.15) is 0 Å². The second-order valence-corrected chi connectivity index (χ2v) is 7.45. The SMILES string of the molecule is CCc1ccc2c(c1)[nH]c1c3ccc4ccn(C)c4c3c(C=O)c(C(=O)NC)c21. The average molecular weight is 383 g/mol. The van der Waals surface area contributed by atoms with Crippen LogP contribution in [0.5, 0.6) is 0 Å². The largest absolute Gasteiger partial charge is 0.355 e. The van der Waals surface area contributed by atoms with Crippen molar-refractivity contribution >= 4 is 55.7 Å². The van der Waals surface area contributed by atoms with E-state index in [2.05, 4.69) is 35.4 Å². The van der Waals surface area contributed by atoms with E-state index in [1.807, 2.05) is 36.0 Å². The fraction of sp³-hybridized carbons (Fsp3) is 0.167. The first-order valence-electron chi connectivity index (χ1n) is 9.74. The molecule has 0 radical (unpaired) electrons. The van der Waals surface area contributed by atoms with E-state index in [1.165, 1.54) is 5.56 Å². The second kappa shape index (κ2) is 6.21. The molecule has 29 heavy (non-hydrogen) atoms. The molecule has 144 valence electrons. The maximum absolute atomic E-state index is 13.0. The first kappa shape index (κ1) is 17.5. The van der Waals surface area contributed by atoms with E-state index in [0.717, 1.165) is 56.2 Å². The van der Waals surface area contributed by atoms with E-state index in [0.29, 0.717) is 11.1 Å². The van der Waals surface area contributed by atoms with Crippen LogP contribution in [0.25, 0.3) is 43.5 Å². The van der Waals surface area contributed by atoms with Crippen molar-refractivity contribution in [2.24, 2.45) is 7.05 Å². The minimum atomic E-state index is -0.259. The van der Waals surface area contributed by atoms with Gasteiger partial charge in [-0.05, 0) is 24.1 Å². The van der Waals surface area contributed by atoms with Crippen LogP contribution in [-0.4, -0.2) is 28.8 Å². The smallest absolute Gasteiger partial charge is 0.252 e. The number of aromatic amines is 1. The molecular weight excluding hydrogens is 362 g/mol. The highest BCUT2D eigenvalue weighted by atomic mass is 16.1. The highest BCUT2D eigenvalue weighted by Gasteiger charge is 2.24. The zero-order valence-electron chi connectivity index (χ0n) is 16.6. The third-order valence-corrected chi connectivity index (χ3v) is 5.94. The molecule has 0 aliphatic heterocycles. The fourth-order valence-corrected chi connectivity index (χ4v) is 4.53. The molecule has 0 saturated carbocycles. The van der Waals surface area contributed by atoms with Gasteiger partial charge in [-0.3, -0.25) is 9.59 Å². The Balaban J connectivity index is 2.13. The molecule has 0 unspecified atom stereocenters. The maximum atomic E-state index is 13.0. The summed E-state index contributed by atoms with van der Waals surface area (Å²) in [6.45, 7) is 2.12. The molecule has 2 aromatic heterocycles. The van der Waals surface area contributed by atoms with E-state index in [-0.39, 0.29) is 5.91 Å². The summed E-state index contributed by atoms with van der Waals surface area (Å²) in [4.78, 5) is 28.9. The summed E-state index contributed by atoms with van der Waals surface area (Å²) >= 11 is 0. The maximum Gasteiger partial charge on any atom is 0.252 e. The summed E-state index contributed by atoms with van der Waals surface area (Å²) in [6, 6.07) is 12.4. The van der Waals surface area contributed by atoms with Gasteiger partial charge >= 0.3 is 0 Å². The lowest BCUT2D eigenvalue weighted by Crippen LogP contribution is -2.20. The van der Waals surface area contributed by atoms with Crippen LogP contribution in [0.3, 0.4) is 0 Å². The summed E-state index contributed by atoms with van der Waals surface area (Å²) in [6.07, 6.45) is 3.72. The lowest BCUT2D eigenvalue weighted by Gasteiger charge is -2.13. The highest BCUT2D eigenvalue weighted by molar-refractivity contribution is 6.32. The van der Waals surface area contributed by atoms with E-state index >= 15 is 0 Å². The first-order chi connectivity index (χ1) is 14.1. The van der Waals surface area contributed by atoms with Crippen LogP contribution in [0.15, 0.2) is 42.6 Å². The van der Waals surface area contributed by atoms with Crippen molar-refractivity contribution in [3.63, 3.8) is 0 Å². The number of nitrogens with one attached hydrogen (secondary N) is 2. The Labute approximate surface area is 167 Å². The zero-order chi connectivity index (χ0) is 20.3. The van der Waals surface area contributed by atoms with Crippen LogP contribution in [-0.2, 0) is 13.5 Å². The third-order valence-electron chi connectivity index (χ3n) is 5.94. The Morgan fingerprint density at radius 1 is 1.14 bits per heavy atom. The Hall–Kier alpha value is -3.60. The van der Waals surface area contributed by atoms with Gasteiger partial charge in [-0.2, -0.15) is 0 Å². The summed E-state index contributed by atoms with van der Waals surface area (Å²) in [5.74, 6) is -0.259. The average Bonchev–Trinajstić information content (AvgIpc) is 3.32. The number of rotatable bonds is 3. The van der Waals surface area contributed by atoms with Crippen LogP contribution < -0.4 is 5.32 Å². The van der Waals surface area contributed by atoms with Gasteiger partial charge in [-0.1, -0.05) is 31.2 Å². The molecule has 5 nitrogen and oxygen atoms in total. The molecule has 1 amide bonds. The Morgan fingerprint density at radius 2 is 1.93 bits per heavy atom. The Bertz CT molecular complexity index is 1470. The number of aryl methyl sites for hydroxylation is 2. The molecule has 0 atom stereocenters. The minimum Gasteiger partial charge on any atom is -0.355 e. The van der Waals surface area contributed by atoms with Crippen molar-refractivity contribution in [1.82, 2.24) is 14.9 Å². The van der Waals surface area contributed by atoms with Crippen LogP contribution >= 0.6 is 0 Å². The molecule has 0 fully saturated rings. The monoisotopic (exact) mass is 383 g/mol. The van der Waals surface area contributed by atoms with Gasteiger partial charge in [0.15, 0.2) is 6.29 Å². The number of amides is 1. The predicted octanol–water partition coefficient (Wildman–Crippen LogP) is 4.70. The van der Waals surface area contributed by atoms with Gasteiger partial charge in [0, 0.05) is 58.3 Å². The van der Waals surface area contributed by atoms with Gasteiger partial charge in [0.25, 0.3) is 5.91 Å². The molecule has 0 aliphatic rings. The zero-order valence-corrected chi connectivity index (χ0v) is 16.6. The minimum absolute atomic E-state index is 0.259. The van der Waals surface area contributed by atoms with Crippen LogP contribution in [0.1, 0.15) is 33.2 Å². The Morgan fingerprint density at radius 3 is 2.66 bits per heavy atom. The van der Waals surface area contributed by atoms with Gasteiger partial charge < -0.3 is 14.9 Å². The number of aromatic nitrogens is 2. The standard InChI is InChI=1S/C24H21N3O2/c1-4-13-5-7-15-18(11-13)26-22-16-8-6-14-9-10-27(3)23(14)19(16)17(12-28)21(20(15)22)24(29)25-2/h5-12,26H,4H2,1-3H3,(H,25,29). The molecule has 3 aromatic carbocycles. The second-order valence-electron chi connectivity index (χ2n) is 7.45. The molecule has 0 aliphatic carbocycles. The quantitative estimate of drug-likeness (QED) is 0.444. The Kier molecular flexibility index (Phi) is 3.74. The third kappa shape index (κ3) is 2.27. The molecule has 0 saturated heterocycles. The molecule has 5 rings (SSSR count).